The van der Waals surface area contributed by atoms with E-state index < -0.39 is 0 Å². The van der Waals surface area contributed by atoms with E-state index in [0.29, 0.717) is 39.6 Å². The first kappa shape index (κ1) is 35.4. The van der Waals surface area contributed by atoms with Crippen LogP contribution >= 0.6 is 0 Å². The molecule has 0 saturated carbocycles. The van der Waals surface area contributed by atoms with Gasteiger partial charge in [-0.3, -0.25) is 0 Å². The first-order valence-electron chi connectivity index (χ1n) is 20.9. The van der Waals surface area contributed by atoms with Crippen molar-refractivity contribution < 1.29 is 8.83 Å². The minimum absolute atomic E-state index is 0.317. The van der Waals surface area contributed by atoms with Gasteiger partial charge in [0.2, 0.25) is 11.4 Å². The van der Waals surface area contributed by atoms with Crippen LogP contribution in [0.25, 0.3) is 136 Å². The highest BCUT2D eigenvalue weighted by Crippen LogP contribution is 2.56. The molecule has 0 atom stereocenters. The second kappa shape index (κ2) is 13.3. The van der Waals surface area contributed by atoms with Gasteiger partial charge in [-0.15, -0.1) is 0 Å². The highest BCUT2D eigenvalue weighted by atomic mass is 16.3. The molecule has 7 heteroatoms. The minimum atomic E-state index is 0.317. The van der Waals surface area contributed by atoms with E-state index in [9.17, 15) is 13.1 Å². The first-order chi connectivity index (χ1) is 31.7. The van der Waals surface area contributed by atoms with Gasteiger partial charge in [0, 0.05) is 37.9 Å². The molecule has 294 valence electrons. The molecule has 4 heterocycles. The number of rotatable bonds is 4. The van der Waals surface area contributed by atoms with Crippen molar-refractivity contribution in [1.82, 2.24) is 9.13 Å². The predicted molar refractivity (Wildman–Crippen MR) is 259 cm³/mol. The Morgan fingerprint density at radius 3 is 1.27 bits per heavy atom. The van der Waals surface area contributed by atoms with Gasteiger partial charge in [0.05, 0.1) is 63.9 Å². The Kier molecular flexibility index (Phi) is 7.37. The van der Waals surface area contributed by atoms with Gasteiger partial charge >= 0.3 is 0 Å². The normalized spacial score (nSPS) is 11.7. The summed E-state index contributed by atoms with van der Waals surface area (Å²) >= 11 is 0. The number of aromatic nitrogens is 2. The molecule has 0 unspecified atom stereocenters. The fraction of sp³-hybridized carbons (Fsp3) is 0. The SMILES string of the molecule is [C-]#[N+]c1ccc(-c2c([N+]#[C-])c(-n3c4ccccc4c4c5oc6ccccc6c5ccc43)c(-c3ccccc3)c(-n3c4ccccc4c4c5oc6ccccc6c5ccc43)c2[N+]#[C-])cc1. The Labute approximate surface area is 364 Å². The van der Waals surface area contributed by atoms with Crippen LogP contribution in [-0.2, 0) is 0 Å². The molecule has 4 aromatic heterocycles. The van der Waals surface area contributed by atoms with Crippen molar-refractivity contribution in [1.29, 1.82) is 0 Å². The summed E-state index contributed by atoms with van der Waals surface area (Å²) in [5.74, 6) is 0. The molecule has 0 N–H and O–H groups in total. The van der Waals surface area contributed by atoms with Gasteiger partial charge in [-0.05, 0) is 65.2 Å². The monoisotopic (exact) mass is 815 g/mol. The van der Waals surface area contributed by atoms with Gasteiger partial charge in [-0.1, -0.05) is 127 Å². The largest absolute Gasteiger partial charge is 0.455 e. The molecule has 13 rings (SSSR count). The van der Waals surface area contributed by atoms with Gasteiger partial charge in [0.1, 0.15) is 22.3 Å². The molecule has 0 saturated heterocycles. The van der Waals surface area contributed by atoms with Crippen LogP contribution in [0, 0.1) is 19.7 Å². The maximum absolute atomic E-state index is 9.18. The lowest BCUT2D eigenvalue weighted by molar-refractivity contribution is 0.672. The summed E-state index contributed by atoms with van der Waals surface area (Å²) in [5, 5.41) is 7.88. The zero-order valence-electron chi connectivity index (χ0n) is 33.8. The third-order valence-corrected chi connectivity index (χ3v) is 12.8. The molecule has 0 amide bonds. The van der Waals surface area contributed by atoms with Crippen LogP contribution in [0.3, 0.4) is 0 Å². The smallest absolute Gasteiger partial charge is 0.208 e. The highest BCUT2D eigenvalue weighted by Gasteiger charge is 2.32. The van der Waals surface area contributed by atoms with Crippen molar-refractivity contribution in [3.63, 3.8) is 0 Å². The third kappa shape index (κ3) is 4.71. The van der Waals surface area contributed by atoms with Crippen molar-refractivity contribution in [2.45, 2.75) is 0 Å². The Hall–Kier alpha value is -9.35. The van der Waals surface area contributed by atoms with Crippen LogP contribution in [0.5, 0.6) is 0 Å². The van der Waals surface area contributed by atoms with E-state index in [1.807, 2.05) is 91.0 Å². The number of hydrogen-bond acceptors (Lipinski definition) is 2. The van der Waals surface area contributed by atoms with Gasteiger partial charge in [-0.2, -0.15) is 0 Å². The van der Waals surface area contributed by atoms with Crippen molar-refractivity contribution in [2.75, 3.05) is 0 Å². The lowest BCUT2D eigenvalue weighted by atomic mass is 9.91. The molecule has 9 aromatic carbocycles. The van der Waals surface area contributed by atoms with E-state index in [4.69, 9.17) is 15.4 Å². The predicted octanol–water partition coefficient (Wildman–Crippen LogP) is 16.7. The molecule has 0 aliphatic rings. The average Bonchev–Trinajstić information content (AvgIpc) is 4.11. The summed E-state index contributed by atoms with van der Waals surface area (Å²) in [6.45, 7) is 26.1. The van der Waals surface area contributed by atoms with Crippen LogP contribution < -0.4 is 0 Å². The van der Waals surface area contributed by atoms with E-state index in [1.54, 1.807) is 12.1 Å². The van der Waals surface area contributed by atoms with E-state index in [0.717, 1.165) is 98.6 Å². The van der Waals surface area contributed by atoms with E-state index >= 15 is 0 Å². The third-order valence-electron chi connectivity index (χ3n) is 12.8. The number of furan rings is 2. The zero-order chi connectivity index (χ0) is 42.6. The fourth-order valence-corrected chi connectivity index (χ4v) is 10.2. The number of fused-ring (bicyclic) bond motifs is 14. The van der Waals surface area contributed by atoms with Crippen molar-refractivity contribution in [3.8, 4) is 33.6 Å². The summed E-state index contributed by atoms with van der Waals surface area (Å²) in [4.78, 5) is 12.6. The van der Waals surface area contributed by atoms with Gasteiger partial charge in [-0.25, -0.2) is 14.5 Å². The minimum Gasteiger partial charge on any atom is -0.455 e. The quantitative estimate of drug-likeness (QED) is 0.166. The molecule has 0 aliphatic heterocycles. The highest BCUT2D eigenvalue weighted by molar-refractivity contribution is 6.26. The number of para-hydroxylation sites is 4. The summed E-state index contributed by atoms with van der Waals surface area (Å²) < 4.78 is 17.9. The second-order valence-electron chi connectivity index (χ2n) is 16.0. The maximum Gasteiger partial charge on any atom is 0.208 e. The van der Waals surface area contributed by atoms with Crippen LogP contribution in [0.15, 0.2) is 185 Å². The molecular formula is C57H29N5O2. The van der Waals surface area contributed by atoms with Crippen LogP contribution in [-0.4, -0.2) is 9.13 Å². The Bertz CT molecular complexity index is 4050. The van der Waals surface area contributed by atoms with E-state index in [1.165, 1.54) is 0 Å². The van der Waals surface area contributed by atoms with Crippen molar-refractivity contribution in [3.05, 3.63) is 210 Å². The first-order valence-corrected chi connectivity index (χ1v) is 20.9. The molecule has 0 aliphatic carbocycles. The Morgan fingerprint density at radius 2 is 0.781 bits per heavy atom. The molecule has 7 nitrogen and oxygen atoms in total. The fourth-order valence-electron chi connectivity index (χ4n) is 10.2. The van der Waals surface area contributed by atoms with Gasteiger partial charge in [0.25, 0.3) is 0 Å². The molecule has 0 fully saturated rings. The Balaban J connectivity index is 1.29. The lowest BCUT2D eigenvalue weighted by Gasteiger charge is -2.26. The maximum atomic E-state index is 9.18. The standard InChI is InChI=1S/C57H29N5O2/c1-58-35-27-25-34(26-28-35)48-52(59-2)54(61-42-21-11-7-19-40(42)50-44(61)31-29-38-36-17-9-13-23-46(36)63-56(38)50)49(33-15-5-4-6-16-33)55(53(48)60-3)62-43-22-12-8-20-41(43)51-45(62)32-30-39-37-18-10-14-24-47(37)64-57(39)51/h4-32H. The zero-order valence-corrected chi connectivity index (χ0v) is 33.8. The molecule has 13 aromatic rings. The van der Waals surface area contributed by atoms with Crippen LogP contribution in [0.1, 0.15) is 0 Å². The topological polar surface area (TPSA) is 49.2 Å². The molecule has 64 heavy (non-hydrogen) atoms. The number of nitrogens with zero attached hydrogens (tertiary/aromatic N) is 5. The Morgan fingerprint density at radius 1 is 0.344 bits per heavy atom. The lowest BCUT2D eigenvalue weighted by Crippen LogP contribution is -2.06. The summed E-state index contributed by atoms with van der Waals surface area (Å²) in [6.07, 6.45) is 0. The molecule has 0 bridgehead atoms. The van der Waals surface area contributed by atoms with Crippen molar-refractivity contribution in [2.24, 2.45) is 0 Å². The second-order valence-corrected chi connectivity index (χ2v) is 16.0. The van der Waals surface area contributed by atoms with Crippen LogP contribution in [0.2, 0.25) is 0 Å². The van der Waals surface area contributed by atoms with E-state index in [-0.39, 0.29) is 0 Å². The van der Waals surface area contributed by atoms with Crippen molar-refractivity contribution >= 4 is 105 Å². The van der Waals surface area contributed by atoms with Crippen LogP contribution in [0.4, 0.5) is 17.1 Å². The molecule has 0 radical (unpaired) electrons. The van der Waals surface area contributed by atoms with E-state index in [2.05, 4.69) is 96.5 Å². The summed E-state index contributed by atoms with van der Waals surface area (Å²) in [7, 11) is 0. The van der Waals surface area contributed by atoms with Gasteiger partial charge in [0.15, 0.2) is 5.69 Å². The molecular weight excluding hydrogens is 787 g/mol. The number of benzene rings is 9. The van der Waals surface area contributed by atoms with Gasteiger partial charge < -0.3 is 18.0 Å². The number of hydrogen-bond donors (Lipinski definition) is 0. The average molecular weight is 816 g/mol. The molecule has 0 spiro atoms. The summed E-state index contributed by atoms with van der Waals surface area (Å²) in [6, 6.07) is 58.6. The summed E-state index contributed by atoms with van der Waals surface area (Å²) in [5.41, 5.74) is 11.7.